The molecule has 3 heteroatoms. The van der Waals surface area contributed by atoms with E-state index in [1.165, 1.54) is 5.56 Å². The third kappa shape index (κ3) is 2.36. The Morgan fingerprint density at radius 2 is 2.38 bits per heavy atom. The van der Waals surface area contributed by atoms with Gasteiger partial charge in [0.05, 0.1) is 0 Å². The number of rotatable bonds is 4. The Hall–Kier alpha value is -0.670. The molecule has 1 aromatic rings. The largest absolute Gasteiger partial charge is 0.508 e. The second-order valence-electron chi connectivity index (χ2n) is 4.46. The van der Waals surface area contributed by atoms with Crippen LogP contribution in [-0.2, 0) is 6.42 Å². The fourth-order valence-electron chi connectivity index (χ4n) is 2.45. The van der Waals surface area contributed by atoms with E-state index in [0.717, 1.165) is 24.2 Å². The lowest BCUT2D eigenvalue weighted by atomic mass is 10.1. The third-order valence-electron chi connectivity index (χ3n) is 3.15. The lowest BCUT2D eigenvalue weighted by Crippen LogP contribution is -2.31. The molecule has 16 heavy (non-hydrogen) atoms. The number of fused-ring (bicyclic) bond motifs is 1. The van der Waals surface area contributed by atoms with Gasteiger partial charge in [0.2, 0.25) is 0 Å². The molecule has 2 rings (SSSR count). The van der Waals surface area contributed by atoms with Crippen molar-refractivity contribution < 1.29 is 5.11 Å². The fraction of sp³-hybridized carbons (Fsp3) is 0.538. The second-order valence-corrected chi connectivity index (χ2v) is 5.37. The summed E-state index contributed by atoms with van der Waals surface area (Å²) >= 11 is 1.87. The molecule has 0 spiro atoms. The number of hydrogen-bond donors (Lipinski definition) is 2. The Morgan fingerprint density at radius 1 is 1.56 bits per heavy atom. The molecule has 0 saturated heterocycles. The van der Waals surface area contributed by atoms with E-state index in [9.17, 15) is 5.11 Å². The minimum absolute atomic E-state index is 0.421. The lowest BCUT2D eigenvalue weighted by molar-refractivity contribution is 0.469. The van der Waals surface area contributed by atoms with E-state index in [0.29, 0.717) is 17.8 Å². The molecule has 0 bridgehead atoms. The minimum atomic E-state index is 0.421. The highest BCUT2D eigenvalue weighted by molar-refractivity contribution is 7.98. The Kier molecular flexibility index (Phi) is 3.77. The Bertz CT molecular complexity index is 367. The van der Waals surface area contributed by atoms with Gasteiger partial charge in [-0.25, -0.2) is 0 Å². The van der Waals surface area contributed by atoms with Gasteiger partial charge in [0, 0.05) is 17.8 Å². The fourth-order valence-corrected chi connectivity index (χ4v) is 3.05. The van der Waals surface area contributed by atoms with Gasteiger partial charge in [0.1, 0.15) is 5.75 Å². The minimum Gasteiger partial charge on any atom is -0.508 e. The molecule has 2 nitrogen and oxygen atoms in total. The average Bonchev–Trinajstić information content (AvgIpc) is 2.64. The molecule has 2 atom stereocenters. The smallest absolute Gasteiger partial charge is 0.119 e. The Labute approximate surface area is 101 Å². The van der Waals surface area contributed by atoms with Gasteiger partial charge in [0.25, 0.3) is 0 Å². The van der Waals surface area contributed by atoms with E-state index >= 15 is 0 Å². The molecule has 1 aliphatic carbocycles. The highest BCUT2D eigenvalue weighted by atomic mass is 32.2. The van der Waals surface area contributed by atoms with E-state index in [-0.39, 0.29) is 0 Å². The summed E-state index contributed by atoms with van der Waals surface area (Å²) in [6.07, 6.45) is 4.23. The molecule has 0 amide bonds. The predicted molar refractivity (Wildman–Crippen MR) is 70.1 cm³/mol. The zero-order valence-corrected chi connectivity index (χ0v) is 10.7. The van der Waals surface area contributed by atoms with Crippen molar-refractivity contribution in [2.45, 2.75) is 31.8 Å². The van der Waals surface area contributed by atoms with E-state index in [1.54, 1.807) is 6.07 Å². The first-order valence-corrected chi connectivity index (χ1v) is 7.17. The van der Waals surface area contributed by atoms with E-state index in [4.69, 9.17) is 0 Å². The number of phenols is 1. The summed E-state index contributed by atoms with van der Waals surface area (Å²) < 4.78 is 0. The number of hydrogen-bond acceptors (Lipinski definition) is 3. The van der Waals surface area contributed by atoms with Crippen LogP contribution >= 0.6 is 11.8 Å². The van der Waals surface area contributed by atoms with E-state index < -0.39 is 0 Å². The van der Waals surface area contributed by atoms with Crippen LogP contribution in [0.25, 0.3) is 0 Å². The van der Waals surface area contributed by atoms with Crippen molar-refractivity contribution in [3.8, 4) is 5.75 Å². The van der Waals surface area contributed by atoms with Gasteiger partial charge in [-0.05, 0) is 43.2 Å². The number of nitrogens with one attached hydrogen (secondary N) is 1. The highest BCUT2D eigenvalue weighted by Crippen LogP contribution is 2.36. The maximum Gasteiger partial charge on any atom is 0.119 e. The van der Waals surface area contributed by atoms with Gasteiger partial charge >= 0.3 is 0 Å². The second kappa shape index (κ2) is 5.11. The summed E-state index contributed by atoms with van der Waals surface area (Å²) in [4.78, 5) is 0. The first-order chi connectivity index (χ1) is 7.72. The monoisotopic (exact) mass is 237 g/mol. The van der Waals surface area contributed by atoms with Crippen molar-refractivity contribution >= 4 is 11.8 Å². The average molecular weight is 237 g/mol. The van der Waals surface area contributed by atoms with Crippen LogP contribution < -0.4 is 5.32 Å². The molecule has 1 aliphatic rings. The van der Waals surface area contributed by atoms with Crippen LogP contribution in [0.4, 0.5) is 0 Å². The van der Waals surface area contributed by atoms with E-state index in [1.807, 2.05) is 17.8 Å². The van der Waals surface area contributed by atoms with Crippen molar-refractivity contribution in [2.24, 2.45) is 0 Å². The summed E-state index contributed by atoms with van der Waals surface area (Å²) in [6, 6.07) is 6.79. The van der Waals surface area contributed by atoms with Crippen LogP contribution in [0.15, 0.2) is 18.2 Å². The first-order valence-electron chi connectivity index (χ1n) is 5.78. The Morgan fingerprint density at radius 3 is 3.12 bits per heavy atom. The van der Waals surface area contributed by atoms with E-state index in [2.05, 4.69) is 24.6 Å². The third-order valence-corrected chi connectivity index (χ3v) is 3.98. The van der Waals surface area contributed by atoms with Crippen molar-refractivity contribution in [3.05, 3.63) is 29.3 Å². The molecular formula is C13H19NOS. The standard InChI is InChI=1S/C13H19NOS/c1-9(8-16-2)14-12-7-6-11-10(12)4-3-5-13(11)15/h3-5,9,12,14-15H,6-8H2,1-2H3. The van der Waals surface area contributed by atoms with Crippen LogP contribution in [0.5, 0.6) is 5.75 Å². The summed E-state index contributed by atoms with van der Waals surface area (Å²) in [5.41, 5.74) is 2.42. The quantitative estimate of drug-likeness (QED) is 0.844. The molecule has 1 aromatic carbocycles. The summed E-state index contributed by atoms with van der Waals surface area (Å²) in [5.74, 6) is 1.59. The van der Waals surface area contributed by atoms with Crippen LogP contribution in [-0.4, -0.2) is 23.2 Å². The molecule has 2 unspecified atom stereocenters. The summed E-state index contributed by atoms with van der Waals surface area (Å²) in [6.45, 7) is 2.22. The predicted octanol–water partition coefficient (Wildman–Crippen LogP) is 2.72. The SMILES string of the molecule is CSCC(C)NC1CCc2c(O)cccc21. The van der Waals surface area contributed by atoms with Gasteiger partial charge in [-0.2, -0.15) is 11.8 Å². The van der Waals surface area contributed by atoms with Crippen molar-refractivity contribution in [2.75, 3.05) is 12.0 Å². The Balaban J connectivity index is 2.09. The maximum absolute atomic E-state index is 9.75. The van der Waals surface area contributed by atoms with Crippen molar-refractivity contribution in [1.29, 1.82) is 0 Å². The summed E-state index contributed by atoms with van der Waals surface area (Å²) in [5, 5.41) is 13.4. The van der Waals surface area contributed by atoms with Gasteiger partial charge < -0.3 is 10.4 Å². The van der Waals surface area contributed by atoms with Crippen molar-refractivity contribution in [3.63, 3.8) is 0 Å². The number of phenolic OH excluding ortho intramolecular Hbond substituents is 1. The molecule has 0 saturated carbocycles. The zero-order valence-electron chi connectivity index (χ0n) is 9.86. The topological polar surface area (TPSA) is 32.3 Å². The highest BCUT2D eigenvalue weighted by Gasteiger charge is 2.25. The zero-order chi connectivity index (χ0) is 11.5. The normalized spacial score (nSPS) is 20.8. The molecule has 2 N–H and O–H groups in total. The van der Waals surface area contributed by atoms with Gasteiger partial charge in [-0.3, -0.25) is 0 Å². The van der Waals surface area contributed by atoms with Crippen LogP contribution in [0.2, 0.25) is 0 Å². The van der Waals surface area contributed by atoms with Gasteiger partial charge in [-0.15, -0.1) is 0 Å². The number of thioether (sulfide) groups is 1. The van der Waals surface area contributed by atoms with Crippen LogP contribution in [0.1, 0.15) is 30.5 Å². The molecule has 88 valence electrons. The molecule has 0 fully saturated rings. The van der Waals surface area contributed by atoms with Gasteiger partial charge in [-0.1, -0.05) is 12.1 Å². The van der Waals surface area contributed by atoms with Gasteiger partial charge in [0.15, 0.2) is 0 Å². The molecule has 0 aliphatic heterocycles. The van der Waals surface area contributed by atoms with Crippen LogP contribution in [0, 0.1) is 0 Å². The summed E-state index contributed by atoms with van der Waals surface area (Å²) in [7, 11) is 0. The van der Waals surface area contributed by atoms with Crippen LogP contribution in [0.3, 0.4) is 0 Å². The molecular weight excluding hydrogens is 218 g/mol. The number of aromatic hydroxyl groups is 1. The maximum atomic E-state index is 9.75. The van der Waals surface area contributed by atoms with Crippen molar-refractivity contribution in [1.82, 2.24) is 5.32 Å². The molecule has 0 radical (unpaired) electrons. The number of benzene rings is 1. The lowest BCUT2D eigenvalue weighted by Gasteiger charge is -2.19. The first kappa shape index (κ1) is 11.8. The molecule has 0 heterocycles. The molecule has 0 aromatic heterocycles.